The lowest BCUT2D eigenvalue weighted by Gasteiger charge is -2.04. The lowest BCUT2D eigenvalue weighted by atomic mass is 10.1. The molecule has 3 heterocycles. The number of aromatic nitrogens is 5. The van der Waals surface area contributed by atoms with E-state index in [0.717, 1.165) is 27.7 Å². The van der Waals surface area contributed by atoms with E-state index < -0.39 is 0 Å². The SMILES string of the molecule is O=C(NNCc1ccccc1)c1nc2cc3[nH][nH]c(-c4ccncc4)c3cc2n1. The molecule has 29 heavy (non-hydrogen) atoms. The summed E-state index contributed by atoms with van der Waals surface area (Å²) in [5.74, 6) is -0.246. The van der Waals surface area contributed by atoms with E-state index in [-0.39, 0.29) is 11.7 Å². The van der Waals surface area contributed by atoms with Crippen molar-refractivity contribution in [1.29, 1.82) is 0 Å². The van der Waals surface area contributed by atoms with Crippen LogP contribution in [0.25, 0.3) is 33.2 Å². The number of H-pyrrole nitrogens is 2. The Bertz CT molecular complexity index is 1290. The summed E-state index contributed by atoms with van der Waals surface area (Å²) in [5, 5.41) is 7.29. The Balaban J connectivity index is 1.39. The maximum absolute atomic E-state index is 12.4. The number of nitrogens with zero attached hydrogens (tertiary/aromatic N) is 3. The molecule has 0 unspecified atom stereocenters. The van der Waals surface area contributed by atoms with E-state index in [1.54, 1.807) is 12.4 Å². The molecule has 5 rings (SSSR count). The maximum Gasteiger partial charge on any atom is 0.303 e. The van der Waals surface area contributed by atoms with E-state index in [4.69, 9.17) is 0 Å². The summed E-state index contributed by atoms with van der Waals surface area (Å²) >= 11 is 0. The van der Waals surface area contributed by atoms with E-state index in [2.05, 4.69) is 36.0 Å². The molecule has 0 radical (unpaired) electrons. The molecule has 8 heteroatoms. The van der Waals surface area contributed by atoms with E-state index >= 15 is 0 Å². The first-order valence-electron chi connectivity index (χ1n) is 9.13. The Kier molecular flexibility index (Phi) is 4.23. The zero-order valence-corrected chi connectivity index (χ0v) is 15.3. The normalized spacial score (nSPS) is 11.2. The van der Waals surface area contributed by atoms with Crippen LogP contribution in [0.15, 0.2) is 67.0 Å². The number of benzene rings is 2. The van der Waals surface area contributed by atoms with Crippen LogP contribution in [0, 0.1) is 0 Å². The van der Waals surface area contributed by atoms with Gasteiger partial charge in [-0.2, -0.15) is 0 Å². The van der Waals surface area contributed by atoms with Crippen LogP contribution in [0.1, 0.15) is 16.2 Å². The van der Waals surface area contributed by atoms with Gasteiger partial charge in [0.15, 0.2) is 0 Å². The van der Waals surface area contributed by atoms with Crippen molar-refractivity contribution in [3.63, 3.8) is 0 Å². The van der Waals surface area contributed by atoms with Crippen LogP contribution in [0.2, 0.25) is 0 Å². The standard InChI is InChI=1S/C21H17N7O/c29-21(28-23-12-13-4-2-1-3-5-13)20-24-17-10-15-16(11-18(17)25-20)26-27-19(15)14-6-8-22-9-7-14/h1-11,23,26-27H,12H2,(H,28,29). The molecule has 0 saturated heterocycles. The summed E-state index contributed by atoms with van der Waals surface area (Å²) < 4.78 is 0. The minimum absolute atomic E-state index is 0.127. The zero-order valence-electron chi connectivity index (χ0n) is 15.3. The highest BCUT2D eigenvalue weighted by Gasteiger charge is 2.15. The second-order valence-electron chi connectivity index (χ2n) is 6.59. The molecule has 5 aromatic rings. The van der Waals surface area contributed by atoms with Crippen molar-refractivity contribution in [2.45, 2.75) is 6.54 Å². The van der Waals surface area contributed by atoms with Gasteiger partial charge in [0, 0.05) is 29.9 Å². The molecule has 3 aromatic heterocycles. The number of amides is 1. The monoisotopic (exact) mass is 383 g/mol. The van der Waals surface area contributed by atoms with Gasteiger partial charge in [0.25, 0.3) is 0 Å². The smallest absolute Gasteiger partial charge is 0.300 e. The van der Waals surface area contributed by atoms with Crippen LogP contribution >= 0.6 is 0 Å². The predicted molar refractivity (Wildman–Crippen MR) is 110 cm³/mol. The van der Waals surface area contributed by atoms with Gasteiger partial charge in [-0.3, -0.25) is 20.3 Å². The van der Waals surface area contributed by atoms with Crippen molar-refractivity contribution in [2.24, 2.45) is 0 Å². The predicted octanol–water partition coefficient (Wildman–Crippen LogP) is 2.94. The molecule has 8 nitrogen and oxygen atoms in total. The van der Waals surface area contributed by atoms with Crippen molar-refractivity contribution in [1.82, 2.24) is 36.0 Å². The number of hydrogen-bond acceptors (Lipinski definition) is 5. The zero-order chi connectivity index (χ0) is 19.6. The van der Waals surface area contributed by atoms with E-state index in [9.17, 15) is 4.79 Å². The van der Waals surface area contributed by atoms with Gasteiger partial charge in [0.2, 0.25) is 5.82 Å². The fraction of sp³-hybridized carbons (Fsp3) is 0.0476. The molecule has 0 spiro atoms. The third-order valence-corrected chi connectivity index (χ3v) is 4.67. The number of nitrogens with one attached hydrogen (secondary N) is 4. The quantitative estimate of drug-likeness (QED) is 0.349. The third-order valence-electron chi connectivity index (χ3n) is 4.67. The van der Waals surface area contributed by atoms with Gasteiger partial charge in [-0.15, -0.1) is 0 Å². The Hall–Kier alpha value is -4.04. The van der Waals surface area contributed by atoms with Crippen LogP contribution in [0.5, 0.6) is 0 Å². The number of imidazole rings is 1. The van der Waals surface area contributed by atoms with Gasteiger partial charge in [-0.25, -0.2) is 15.4 Å². The summed E-state index contributed by atoms with van der Waals surface area (Å²) in [7, 11) is 0. The van der Waals surface area contributed by atoms with Gasteiger partial charge in [0.05, 0.1) is 22.2 Å². The molecule has 0 aliphatic rings. The van der Waals surface area contributed by atoms with Crippen molar-refractivity contribution in [2.75, 3.05) is 0 Å². The number of pyridine rings is 1. The molecule has 0 fully saturated rings. The molecule has 0 saturated carbocycles. The molecule has 0 bridgehead atoms. The fourth-order valence-corrected chi connectivity index (χ4v) is 3.24. The van der Waals surface area contributed by atoms with Crippen molar-refractivity contribution in [3.05, 3.63) is 78.4 Å². The molecule has 0 aliphatic heterocycles. The van der Waals surface area contributed by atoms with Gasteiger partial charge >= 0.3 is 5.91 Å². The minimum Gasteiger partial charge on any atom is -0.300 e. The van der Waals surface area contributed by atoms with Crippen LogP contribution in [-0.4, -0.2) is 31.1 Å². The first-order valence-corrected chi connectivity index (χ1v) is 9.13. The second-order valence-corrected chi connectivity index (χ2v) is 6.59. The number of hydrazine groups is 1. The topological polar surface area (TPSA) is 111 Å². The number of carbonyl (C=O) groups excluding carboxylic acids is 1. The highest BCUT2D eigenvalue weighted by molar-refractivity contribution is 6.02. The summed E-state index contributed by atoms with van der Waals surface area (Å²) in [6, 6.07) is 17.5. The summed E-state index contributed by atoms with van der Waals surface area (Å²) in [6.07, 6.45) is 3.49. The van der Waals surface area contributed by atoms with Crippen LogP contribution in [0.4, 0.5) is 0 Å². The van der Waals surface area contributed by atoms with E-state index in [0.29, 0.717) is 17.6 Å². The van der Waals surface area contributed by atoms with E-state index in [1.165, 1.54) is 0 Å². The molecule has 2 aromatic carbocycles. The van der Waals surface area contributed by atoms with Crippen LogP contribution in [0.3, 0.4) is 0 Å². The summed E-state index contributed by atoms with van der Waals surface area (Å²) in [6.45, 7) is 0.515. The van der Waals surface area contributed by atoms with Crippen LogP contribution < -0.4 is 10.9 Å². The molecule has 0 aliphatic carbocycles. The fourth-order valence-electron chi connectivity index (χ4n) is 3.24. The molecular weight excluding hydrogens is 366 g/mol. The van der Waals surface area contributed by atoms with Gasteiger partial charge in [0.1, 0.15) is 0 Å². The lowest BCUT2D eigenvalue weighted by Crippen LogP contribution is -2.37. The van der Waals surface area contributed by atoms with Crippen LogP contribution in [-0.2, 0) is 6.54 Å². The van der Waals surface area contributed by atoms with Gasteiger partial charge < -0.3 is 5.10 Å². The number of hydrogen-bond donors (Lipinski definition) is 4. The van der Waals surface area contributed by atoms with Crippen molar-refractivity contribution in [3.8, 4) is 11.3 Å². The second kappa shape index (κ2) is 7.17. The first-order chi connectivity index (χ1) is 14.3. The Morgan fingerprint density at radius 2 is 1.69 bits per heavy atom. The Labute approximate surface area is 165 Å². The summed E-state index contributed by atoms with van der Waals surface area (Å²) in [5.41, 5.74) is 10.8. The largest absolute Gasteiger partial charge is 0.303 e. The number of fused-ring (bicyclic) bond motifs is 2. The molecule has 0 atom stereocenters. The highest BCUT2D eigenvalue weighted by atomic mass is 16.2. The van der Waals surface area contributed by atoms with Crippen molar-refractivity contribution >= 4 is 27.8 Å². The molecule has 4 N–H and O–H groups in total. The number of carbonyl (C=O) groups is 1. The van der Waals surface area contributed by atoms with Crippen molar-refractivity contribution < 1.29 is 4.79 Å². The number of aromatic amines is 2. The summed E-state index contributed by atoms with van der Waals surface area (Å²) in [4.78, 5) is 25.2. The van der Waals surface area contributed by atoms with Gasteiger partial charge in [-0.1, -0.05) is 30.3 Å². The average molecular weight is 383 g/mol. The minimum atomic E-state index is -0.373. The molecule has 1 amide bonds. The third kappa shape index (κ3) is 3.32. The van der Waals surface area contributed by atoms with Gasteiger partial charge in [-0.05, 0) is 29.8 Å². The lowest BCUT2D eigenvalue weighted by molar-refractivity contribution is 0.0923. The van der Waals surface area contributed by atoms with E-state index in [1.807, 2.05) is 54.6 Å². The highest BCUT2D eigenvalue weighted by Crippen LogP contribution is 2.28. The maximum atomic E-state index is 12.4. The first kappa shape index (κ1) is 17.1. The Morgan fingerprint density at radius 1 is 0.931 bits per heavy atom. The molecule has 142 valence electrons. The Morgan fingerprint density at radius 3 is 2.48 bits per heavy atom. The number of rotatable bonds is 5. The molecular formula is C21H17N7O. The average Bonchev–Trinajstić information content (AvgIpc) is 3.37.